The summed E-state index contributed by atoms with van der Waals surface area (Å²) in [6.45, 7) is 9.08. The molecule has 3 aromatic rings. The van der Waals surface area contributed by atoms with Crippen LogP contribution in [-0.2, 0) is 16.1 Å². The molecule has 0 saturated carbocycles. The zero-order chi connectivity index (χ0) is 27.8. The number of benzene rings is 2. The number of carbonyl (C=O) groups excluding carboxylic acids is 1. The minimum Gasteiger partial charge on any atom is -0.490 e. The van der Waals surface area contributed by atoms with E-state index in [1.54, 1.807) is 16.4 Å². The average molecular weight is 571 g/mol. The highest BCUT2D eigenvalue weighted by molar-refractivity contribution is 7.99. The van der Waals surface area contributed by atoms with E-state index in [1.807, 2.05) is 63.2 Å². The molecule has 2 heterocycles. The Morgan fingerprint density at radius 2 is 1.87 bits per heavy atom. The summed E-state index contributed by atoms with van der Waals surface area (Å²) < 4.78 is 19.4. The molecule has 8 nitrogen and oxygen atoms in total. The van der Waals surface area contributed by atoms with Crippen LogP contribution in [0.1, 0.15) is 64.1 Å². The molecule has 0 fully saturated rings. The van der Waals surface area contributed by atoms with Gasteiger partial charge in [0.05, 0.1) is 18.8 Å². The number of aromatic nitrogens is 3. The average Bonchev–Trinajstić information content (AvgIpc) is 3.33. The lowest BCUT2D eigenvalue weighted by molar-refractivity contribution is -0.139. The molecule has 0 spiro atoms. The monoisotopic (exact) mass is 570 g/mol. The van der Waals surface area contributed by atoms with Crippen molar-refractivity contribution < 1.29 is 19.0 Å². The molecule has 1 aliphatic heterocycles. The molecule has 1 unspecified atom stereocenters. The van der Waals surface area contributed by atoms with Gasteiger partial charge in [0.25, 0.3) is 0 Å². The normalized spacial score (nSPS) is 14.5. The standard InChI is InChI=1S/C29H35ClN4O4S/c1-5-8-16-39-29-32-28-31-19(4)25(27(35)37-15-6-2)26(34(28)33-29)21-11-14-23(24(17-21)36-7-3)38-18-20-9-12-22(30)13-10-20/h9-14,17,26H,5-8,15-16,18H2,1-4H3,(H,31,32,33). The molecule has 0 saturated heterocycles. The molecule has 2 aromatic carbocycles. The molecule has 4 rings (SSSR count). The number of nitrogens with zero attached hydrogens (tertiary/aromatic N) is 3. The predicted molar refractivity (Wildman–Crippen MR) is 155 cm³/mol. The van der Waals surface area contributed by atoms with Gasteiger partial charge in [0.1, 0.15) is 12.6 Å². The highest BCUT2D eigenvalue weighted by atomic mass is 35.5. The topological polar surface area (TPSA) is 87.5 Å². The highest BCUT2D eigenvalue weighted by Gasteiger charge is 2.35. The van der Waals surface area contributed by atoms with Gasteiger partial charge < -0.3 is 19.5 Å². The van der Waals surface area contributed by atoms with Crippen LogP contribution < -0.4 is 14.8 Å². The van der Waals surface area contributed by atoms with Crippen molar-refractivity contribution in [2.24, 2.45) is 0 Å². The molecule has 0 bridgehead atoms. The van der Waals surface area contributed by atoms with E-state index in [0.29, 0.717) is 58.7 Å². The molecule has 1 aliphatic rings. The number of carbonyl (C=O) groups is 1. The number of fused-ring (bicyclic) bond motifs is 1. The Labute approximate surface area is 239 Å². The summed E-state index contributed by atoms with van der Waals surface area (Å²) in [6.07, 6.45) is 2.91. The van der Waals surface area contributed by atoms with Gasteiger partial charge >= 0.3 is 5.97 Å². The van der Waals surface area contributed by atoms with Crippen LogP contribution in [0.15, 0.2) is 58.9 Å². The quantitative estimate of drug-likeness (QED) is 0.133. The highest BCUT2D eigenvalue weighted by Crippen LogP contribution is 2.40. The second-order valence-corrected chi connectivity index (χ2v) is 10.6. The summed E-state index contributed by atoms with van der Waals surface area (Å²) in [4.78, 5) is 18.0. The number of hydrogen-bond donors (Lipinski definition) is 1. The number of allylic oxidation sites excluding steroid dienone is 1. The van der Waals surface area contributed by atoms with E-state index < -0.39 is 6.04 Å². The second-order valence-electron chi connectivity index (χ2n) is 9.12. The number of unbranched alkanes of at least 4 members (excludes halogenated alkanes) is 1. The first kappa shape index (κ1) is 28.8. The fourth-order valence-corrected chi connectivity index (χ4v) is 5.21. The van der Waals surface area contributed by atoms with Crippen molar-refractivity contribution in [1.82, 2.24) is 14.8 Å². The number of halogens is 1. The number of rotatable bonds is 13. The van der Waals surface area contributed by atoms with Crippen LogP contribution in [0.3, 0.4) is 0 Å². The summed E-state index contributed by atoms with van der Waals surface area (Å²) >= 11 is 7.62. The van der Waals surface area contributed by atoms with E-state index in [9.17, 15) is 4.79 Å². The molecule has 39 heavy (non-hydrogen) atoms. The van der Waals surface area contributed by atoms with Crippen molar-refractivity contribution in [3.05, 3.63) is 69.9 Å². The smallest absolute Gasteiger partial charge is 0.338 e. The van der Waals surface area contributed by atoms with Crippen LogP contribution in [0, 0.1) is 0 Å². The molecule has 0 amide bonds. The Hall–Kier alpha value is -3.17. The first-order valence-corrected chi connectivity index (χ1v) is 14.7. The van der Waals surface area contributed by atoms with Crippen molar-refractivity contribution in [2.75, 3.05) is 24.3 Å². The third-order valence-electron chi connectivity index (χ3n) is 6.11. The van der Waals surface area contributed by atoms with Gasteiger partial charge in [0, 0.05) is 16.5 Å². The number of anilines is 1. The molecule has 0 radical (unpaired) electrons. The molecule has 208 valence electrons. The van der Waals surface area contributed by atoms with Crippen LogP contribution in [0.2, 0.25) is 5.02 Å². The minimum atomic E-state index is -0.539. The lowest BCUT2D eigenvalue weighted by Crippen LogP contribution is -2.29. The van der Waals surface area contributed by atoms with Gasteiger partial charge in [-0.2, -0.15) is 4.98 Å². The van der Waals surface area contributed by atoms with Gasteiger partial charge in [-0.1, -0.05) is 61.8 Å². The van der Waals surface area contributed by atoms with Crippen LogP contribution in [0.25, 0.3) is 0 Å². The Kier molecular flexibility index (Phi) is 10.2. The van der Waals surface area contributed by atoms with Crippen molar-refractivity contribution in [2.45, 2.75) is 64.8 Å². The summed E-state index contributed by atoms with van der Waals surface area (Å²) in [6, 6.07) is 12.7. The van der Waals surface area contributed by atoms with Crippen molar-refractivity contribution in [1.29, 1.82) is 0 Å². The third-order valence-corrected chi connectivity index (χ3v) is 7.29. The Morgan fingerprint density at radius 1 is 1.08 bits per heavy atom. The van der Waals surface area contributed by atoms with Crippen molar-refractivity contribution >= 4 is 35.3 Å². The minimum absolute atomic E-state index is 0.340. The Balaban J connectivity index is 1.70. The van der Waals surface area contributed by atoms with Gasteiger partial charge in [-0.05, 0) is 62.1 Å². The summed E-state index contributed by atoms with van der Waals surface area (Å²) in [5.41, 5.74) is 2.98. The molecule has 1 aromatic heterocycles. The van der Waals surface area contributed by atoms with Crippen LogP contribution >= 0.6 is 23.4 Å². The molecule has 1 N–H and O–H groups in total. The Morgan fingerprint density at radius 3 is 2.59 bits per heavy atom. The van der Waals surface area contributed by atoms with E-state index in [2.05, 4.69) is 12.2 Å². The van der Waals surface area contributed by atoms with E-state index in [0.717, 1.165) is 36.1 Å². The van der Waals surface area contributed by atoms with E-state index in [-0.39, 0.29) is 5.97 Å². The SMILES string of the molecule is CCCCSc1nc2n(n1)C(c1ccc(OCc3ccc(Cl)cc3)c(OCC)c1)C(C(=O)OCCC)=C(C)N2. The molecule has 10 heteroatoms. The van der Waals surface area contributed by atoms with Crippen molar-refractivity contribution in [3.63, 3.8) is 0 Å². The maximum Gasteiger partial charge on any atom is 0.338 e. The number of thioether (sulfide) groups is 1. The van der Waals surface area contributed by atoms with Crippen molar-refractivity contribution in [3.8, 4) is 11.5 Å². The maximum atomic E-state index is 13.3. The zero-order valence-corrected chi connectivity index (χ0v) is 24.4. The largest absolute Gasteiger partial charge is 0.490 e. The van der Waals surface area contributed by atoms with Gasteiger partial charge in [-0.15, -0.1) is 5.10 Å². The number of nitrogens with one attached hydrogen (secondary N) is 1. The van der Waals surface area contributed by atoms with Crippen LogP contribution in [-0.4, -0.2) is 39.7 Å². The third kappa shape index (κ3) is 7.08. The Bertz CT molecular complexity index is 1310. The number of esters is 1. The lowest BCUT2D eigenvalue weighted by Gasteiger charge is -2.28. The molecule has 1 atom stereocenters. The maximum absolute atomic E-state index is 13.3. The molecular formula is C29H35ClN4O4S. The first-order chi connectivity index (χ1) is 18.9. The second kappa shape index (κ2) is 13.8. The van der Waals surface area contributed by atoms with Crippen LogP contribution in [0.5, 0.6) is 11.5 Å². The number of ether oxygens (including phenoxy) is 3. The van der Waals surface area contributed by atoms with E-state index in [1.165, 1.54) is 0 Å². The fourth-order valence-electron chi connectivity index (χ4n) is 4.17. The summed E-state index contributed by atoms with van der Waals surface area (Å²) in [5.74, 6) is 2.32. The van der Waals surface area contributed by atoms with Gasteiger partial charge in [0.2, 0.25) is 11.1 Å². The first-order valence-electron chi connectivity index (χ1n) is 13.3. The predicted octanol–water partition coefficient (Wildman–Crippen LogP) is 7.04. The van der Waals surface area contributed by atoms with E-state index in [4.69, 9.17) is 35.9 Å². The number of hydrogen-bond acceptors (Lipinski definition) is 8. The summed E-state index contributed by atoms with van der Waals surface area (Å²) in [5, 5.41) is 9.39. The van der Waals surface area contributed by atoms with Gasteiger partial charge in [0.15, 0.2) is 11.5 Å². The lowest BCUT2D eigenvalue weighted by atomic mass is 9.95. The zero-order valence-electron chi connectivity index (χ0n) is 22.8. The summed E-state index contributed by atoms with van der Waals surface area (Å²) in [7, 11) is 0. The fraction of sp³-hybridized carbons (Fsp3) is 0.414. The molecule has 0 aliphatic carbocycles. The van der Waals surface area contributed by atoms with Gasteiger partial charge in [-0.3, -0.25) is 0 Å². The van der Waals surface area contributed by atoms with E-state index >= 15 is 0 Å². The molecular weight excluding hydrogens is 536 g/mol. The van der Waals surface area contributed by atoms with Gasteiger partial charge in [-0.25, -0.2) is 9.48 Å². The van der Waals surface area contributed by atoms with Crippen LogP contribution in [0.4, 0.5) is 5.95 Å².